The fourth-order valence-electron chi connectivity index (χ4n) is 2.57. The number of carbonyl (C=O) groups excluding carboxylic acids is 1. The largest absolute Gasteiger partial charge is 0.497 e. The fraction of sp³-hybridized carbons (Fsp3) is 0.190. The maximum Gasteiger partial charge on any atom is 0.264 e. The molecule has 1 aromatic heterocycles. The molecule has 0 saturated carbocycles. The van der Waals surface area contributed by atoms with Gasteiger partial charge in [0, 0.05) is 10.4 Å². The minimum absolute atomic E-state index is 0.117. The van der Waals surface area contributed by atoms with Crippen LogP contribution in [-0.2, 0) is 11.2 Å². The monoisotopic (exact) mass is 393 g/mol. The van der Waals surface area contributed by atoms with Gasteiger partial charge in [-0.25, -0.2) is 4.98 Å². The van der Waals surface area contributed by atoms with E-state index in [2.05, 4.69) is 16.4 Å². The highest BCUT2D eigenvalue weighted by atomic mass is 32.1. The van der Waals surface area contributed by atoms with Gasteiger partial charge in [0.2, 0.25) is 0 Å². The summed E-state index contributed by atoms with van der Waals surface area (Å²) in [6.07, 6.45) is 0.348. The van der Waals surface area contributed by atoms with Crippen LogP contribution in [0.2, 0.25) is 0 Å². The normalized spacial score (nSPS) is 10.2. The van der Waals surface area contributed by atoms with Crippen molar-refractivity contribution in [3.05, 3.63) is 59.0 Å². The lowest BCUT2D eigenvalue weighted by atomic mass is 10.1. The molecule has 142 valence electrons. The third-order valence-electron chi connectivity index (χ3n) is 3.98. The number of amides is 1. The number of hydrogen-bond acceptors (Lipinski definition) is 6. The lowest BCUT2D eigenvalue weighted by Gasteiger charge is -2.06. The van der Waals surface area contributed by atoms with Crippen LogP contribution in [0.15, 0.2) is 48.5 Å². The van der Waals surface area contributed by atoms with Gasteiger partial charge in [-0.3, -0.25) is 10.1 Å². The van der Waals surface area contributed by atoms with E-state index in [0.29, 0.717) is 17.3 Å². The van der Waals surface area contributed by atoms with Gasteiger partial charge >= 0.3 is 0 Å². The van der Waals surface area contributed by atoms with E-state index < -0.39 is 0 Å². The molecule has 0 radical (unpaired) electrons. The van der Waals surface area contributed by atoms with Gasteiger partial charge in [0.15, 0.2) is 11.7 Å². The summed E-state index contributed by atoms with van der Waals surface area (Å²) < 4.78 is 10.7. The maximum atomic E-state index is 12.2. The zero-order valence-electron chi connectivity index (χ0n) is 15.6. The number of nitrogens with one attached hydrogen (secondary N) is 1. The van der Waals surface area contributed by atoms with E-state index in [1.54, 1.807) is 19.2 Å². The Morgan fingerprint density at radius 3 is 2.46 bits per heavy atom. The first-order valence-electron chi connectivity index (χ1n) is 8.59. The average molecular weight is 393 g/mol. The van der Waals surface area contributed by atoms with Gasteiger partial charge in [-0.2, -0.15) is 5.26 Å². The van der Waals surface area contributed by atoms with Gasteiger partial charge in [-0.1, -0.05) is 12.1 Å². The predicted molar refractivity (Wildman–Crippen MR) is 109 cm³/mol. The second kappa shape index (κ2) is 9.02. The standard InChI is InChI=1S/C21H19N3O3S/c1-14-20(16-5-9-17(26-2)10-6-16)24-21(28-14)23-19(25)13-27-18-7-3-15(4-8-18)11-12-22/h3-10H,11,13H2,1-2H3,(H,23,24,25). The number of benzene rings is 2. The topological polar surface area (TPSA) is 84.2 Å². The number of nitriles is 1. The Kier molecular flexibility index (Phi) is 6.25. The van der Waals surface area contributed by atoms with Gasteiger partial charge in [0.1, 0.15) is 11.5 Å². The van der Waals surface area contributed by atoms with Gasteiger partial charge in [0.05, 0.1) is 25.3 Å². The number of nitrogens with zero attached hydrogens (tertiary/aromatic N) is 2. The Hall–Kier alpha value is -3.37. The van der Waals surface area contributed by atoms with Crippen LogP contribution in [-0.4, -0.2) is 24.6 Å². The van der Waals surface area contributed by atoms with E-state index in [9.17, 15) is 4.79 Å². The number of aryl methyl sites for hydroxylation is 1. The second-order valence-electron chi connectivity index (χ2n) is 5.97. The molecule has 0 atom stereocenters. The van der Waals surface area contributed by atoms with Gasteiger partial charge < -0.3 is 9.47 Å². The lowest BCUT2D eigenvalue weighted by molar-refractivity contribution is -0.118. The van der Waals surface area contributed by atoms with Crippen molar-refractivity contribution in [1.82, 2.24) is 4.98 Å². The molecule has 0 aliphatic carbocycles. The third-order valence-corrected chi connectivity index (χ3v) is 4.87. The molecule has 0 saturated heterocycles. The van der Waals surface area contributed by atoms with Crippen molar-refractivity contribution in [3.8, 4) is 28.8 Å². The first-order chi connectivity index (χ1) is 13.6. The molecule has 3 rings (SSSR count). The highest BCUT2D eigenvalue weighted by Crippen LogP contribution is 2.31. The van der Waals surface area contributed by atoms with Crippen LogP contribution in [0.5, 0.6) is 11.5 Å². The van der Waals surface area contributed by atoms with Crippen LogP contribution < -0.4 is 14.8 Å². The molecule has 6 nitrogen and oxygen atoms in total. The van der Waals surface area contributed by atoms with Crippen LogP contribution >= 0.6 is 11.3 Å². The van der Waals surface area contributed by atoms with E-state index in [-0.39, 0.29) is 12.5 Å². The van der Waals surface area contributed by atoms with Gasteiger partial charge in [-0.05, 0) is 48.9 Å². The SMILES string of the molecule is COc1ccc(-c2nc(NC(=O)COc3ccc(CC#N)cc3)sc2C)cc1. The number of hydrogen-bond donors (Lipinski definition) is 1. The van der Waals surface area contributed by atoms with Crippen molar-refractivity contribution >= 4 is 22.4 Å². The summed E-state index contributed by atoms with van der Waals surface area (Å²) in [5.74, 6) is 1.07. The molecule has 0 spiro atoms. The van der Waals surface area contributed by atoms with E-state index >= 15 is 0 Å². The quantitative estimate of drug-likeness (QED) is 0.650. The first kappa shape index (κ1) is 19.4. The van der Waals surface area contributed by atoms with Crippen molar-refractivity contribution in [3.63, 3.8) is 0 Å². The smallest absolute Gasteiger partial charge is 0.264 e. The van der Waals surface area contributed by atoms with E-state index in [0.717, 1.165) is 27.4 Å². The highest BCUT2D eigenvalue weighted by molar-refractivity contribution is 7.16. The van der Waals surface area contributed by atoms with Crippen molar-refractivity contribution in [2.75, 3.05) is 19.0 Å². The molecule has 0 unspecified atom stereocenters. The number of carbonyl (C=O) groups is 1. The van der Waals surface area contributed by atoms with Crippen molar-refractivity contribution < 1.29 is 14.3 Å². The molecule has 3 aromatic rings. The van der Waals surface area contributed by atoms with Crippen LogP contribution in [0.4, 0.5) is 5.13 Å². The van der Waals surface area contributed by atoms with Crippen LogP contribution in [0, 0.1) is 18.3 Å². The third kappa shape index (κ3) is 4.87. The van der Waals surface area contributed by atoms with Gasteiger partial charge in [-0.15, -0.1) is 11.3 Å². The van der Waals surface area contributed by atoms with Crippen LogP contribution in [0.3, 0.4) is 0 Å². The van der Waals surface area contributed by atoms with Crippen molar-refractivity contribution in [1.29, 1.82) is 5.26 Å². The molecule has 0 aliphatic rings. The molecule has 7 heteroatoms. The molecular formula is C21H19N3O3S. The van der Waals surface area contributed by atoms with Crippen molar-refractivity contribution in [2.24, 2.45) is 0 Å². The zero-order valence-corrected chi connectivity index (χ0v) is 16.4. The van der Waals surface area contributed by atoms with Gasteiger partial charge in [0.25, 0.3) is 5.91 Å². The maximum absolute atomic E-state index is 12.2. The number of aromatic nitrogens is 1. The Balaban J connectivity index is 1.59. The number of anilines is 1. The number of methoxy groups -OCH3 is 1. The molecule has 1 heterocycles. The van der Waals surface area contributed by atoms with E-state index in [4.69, 9.17) is 14.7 Å². The zero-order chi connectivity index (χ0) is 19.9. The molecule has 2 aromatic carbocycles. The van der Waals surface area contributed by atoms with Crippen LogP contribution in [0.1, 0.15) is 10.4 Å². The Morgan fingerprint density at radius 1 is 1.14 bits per heavy atom. The Labute approximate surface area is 167 Å². The predicted octanol–water partition coefficient (Wildman–Crippen LogP) is 4.21. The first-order valence-corrected chi connectivity index (χ1v) is 9.41. The minimum Gasteiger partial charge on any atom is -0.497 e. The second-order valence-corrected chi connectivity index (χ2v) is 7.17. The molecule has 0 bridgehead atoms. The summed E-state index contributed by atoms with van der Waals surface area (Å²) in [7, 11) is 1.62. The number of ether oxygens (including phenoxy) is 2. The van der Waals surface area contributed by atoms with Crippen LogP contribution in [0.25, 0.3) is 11.3 Å². The number of rotatable bonds is 7. The molecule has 1 N–H and O–H groups in total. The molecule has 28 heavy (non-hydrogen) atoms. The van der Waals surface area contributed by atoms with E-state index in [1.807, 2.05) is 43.3 Å². The lowest BCUT2D eigenvalue weighted by Crippen LogP contribution is -2.20. The summed E-state index contributed by atoms with van der Waals surface area (Å²) in [6.45, 7) is 1.85. The summed E-state index contributed by atoms with van der Waals surface area (Å²) in [5.41, 5.74) is 2.70. The highest BCUT2D eigenvalue weighted by Gasteiger charge is 2.12. The molecular weight excluding hydrogens is 374 g/mol. The number of thiazole rings is 1. The summed E-state index contributed by atoms with van der Waals surface area (Å²) >= 11 is 1.42. The minimum atomic E-state index is -0.281. The van der Waals surface area contributed by atoms with Crippen molar-refractivity contribution in [2.45, 2.75) is 13.3 Å². The summed E-state index contributed by atoms with van der Waals surface area (Å²) in [4.78, 5) is 17.7. The van der Waals surface area contributed by atoms with E-state index in [1.165, 1.54) is 11.3 Å². The summed E-state index contributed by atoms with van der Waals surface area (Å²) in [6, 6.07) is 16.8. The molecule has 0 aliphatic heterocycles. The fourth-order valence-corrected chi connectivity index (χ4v) is 3.42. The Morgan fingerprint density at radius 2 is 1.82 bits per heavy atom. The Bertz CT molecular complexity index is 989. The average Bonchev–Trinajstić information content (AvgIpc) is 3.07. The molecule has 1 amide bonds. The molecule has 0 fully saturated rings. The summed E-state index contributed by atoms with van der Waals surface area (Å²) in [5, 5.41) is 12.0.